The molecule has 0 fully saturated rings. The summed E-state index contributed by atoms with van der Waals surface area (Å²) in [6.45, 7) is 18.9. The van der Waals surface area contributed by atoms with Crippen LogP contribution >= 0.6 is 46.0 Å². The lowest BCUT2D eigenvalue weighted by molar-refractivity contribution is -0.385. The number of rotatable bonds is 33. The SMILES string of the molecule is COc1ccc(CN(Cc2cccs2)C(=O)c2cc3ccccc3o2)cc1OC.CSc1nnc(CN(Cc2ccccc2)Cc2ccccc2)s1.Cc1ccc(CC(Cc2ccco2)C(=O)c2oc3ccccc3c2C)cc1.Cc1cccc(CN(Cc2ccccn2)Cc2nccn2C)c1.Cc1nc(CN(Cc2ccccc2[N+](=O)[O-])C(C)c2ccc(Cl)cc2)oc1C. The predicted molar refractivity (Wildman–Crippen MR) is 517 cm³/mol. The number of pyridine rings is 1. The Labute approximate surface area is 776 Å². The minimum Gasteiger partial charge on any atom is -0.493 e. The number of hydrogen-bond acceptors (Lipinski definition) is 21. The quantitative estimate of drug-likeness (QED) is 0.0161. The smallest absolute Gasteiger partial charge is 0.290 e. The molecule has 8 aromatic heterocycles. The number of oxazole rings is 1. The summed E-state index contributed by atoms with van der Waals surface area (Å²) in [6.07, 6.45) is 10.6. The molecule has 0 saturated heterocycles. The molecule has 17 aromatic rings. The standard InChI is InChI=1S/C24H22O3.C23H21NO4S.C21H22ClN3O3.C19H22N4.C18H19N3S2/c1-16-9-11-18(12-10-16)14-19(15-20-6-5-13-26-20)23(25)24-17(2)21-7-3-4-8-22(21)27-24;1-26-20-10-9-16(12-21(20)27-2)14-24(15-18-7-5-11-29-18)23(25)22-13-17-6-3-4-8-19(17)28-22;1-14-16(3)28-21(23-14)13-24(15(2)17-8-10-19(22)11-9-17)12-18-6-4-5-7-20(18)25(26)27;1-16-6-5-7-17(12-16)13-23(14-18-8-3-4-9-20-18)15-19-21-10-11-22(19)2;1-22-18-20-19-17(23-18)14-21(12-15-8-4-2-5-9-15)13-16-10-6-3-7-11-16/h3-13,19H,14-15H2,1-2H3;3-13H,14-15H2,1-2H3;4-11,15H,12-13H2,1-3H3;3-12H,13-15H2,1-2H3;2-11H,12-14H2,1H3. The van der Waals surface area contributed by atoms with Crippen molar-refractivity contribution in [1.82, 2.24) is 49.3 Å². The number of nitrogens with zero attached hydrogens (tertiary/aromatic N) is 11. The number of thiophene rings is 1. The molecular weight excluding hydrogens is 1710 g/mol. The van der Waals surface area contributed by atoms with Gasteiger partial charge in [-0.15, -0.1) is 21.5 Å². The van der Waals surface area contributed by atoms with Gasteiger partial charge < -0.3 is 36.6 Å². The maximum atomic E-state index is 13.4. The molecule has 21 nitrogen and oxygen atoms in total. The van der Waals surface area contributed by atoms with Crippen molar-refractivity contribution in [2.75, 3.05) is 20.5 Å². The summed E-state index contributed by atoms with van der Waals surface area (Å²) in [4.78, 5) is 61.0. The highest BCUT2D eigenvalue weighted by Crippen LogP contribution is 2.35. The predicted octanol–water partition coefficient (Wildman–Crippen LogP) is 24.7. The molecule has 0 saturated carbocycles. The molecule has 0 N–H and O–H groups in total. The van der Waals surface area contributed by atoms with Gasteiger partial charge in [0.15, 0.2) is 27.4 Å². The Morgan fingerprint density at radius 1 is 0.577 bits per heavy atom. The molecule has 0 spiro atoms. The molecule has 8 heterocycles. The zero-order chi connectivity index (χ0) is 91.3. The van der Waals surface area contributed by atoms with E-state index >= 15 is 0 Å². The van der Waals surface area contributed by atoms with Crippen LogP contribution in [0.2, 0.25) is 5.02 Å². The number of benzene rings is 9. The third-order valence-corrected chi connectivity index (χ3v) is 25.0. The number of para-hydroxylation sites is 3. The van der Waals surface area contributed by atoms with Gasteiger partial charge in [0.2, 0.25) is 11.7 Å². The molecule has 0 aliphatic carbocycles. The number of fused-ring (bicyclic) bond motifs is 2. The summed E-state index contributed by atoms with van der Waals surface area (Å²) in [5.41, 5.74) is 14.6. The number of imidazole rings is 1. The molecule has 666 valence electrons. The van der Waals surface area contributed by atoms with Crippen LogP contribution in [0.3, 0.4) is 0 Å². The molecule has 0 bridgehead atoms. The molecule has 0 aliphatic rings. The average molecular weight is 1810 g/mol. The fourth-order valence-electron chi connectivity index (χ4n) is 15.0. The van der Waals surface area contributed by atoms with Crippen LogP contribution in [-0.4, -0.2) is 86.4 Å². The van der Waals surface area contributed by atoms with E-state index in [0.717, 1.165) is 121 Å². The number of halogens is 1. The van der Waals surface area contributed by atoms with Gasteiger partial charge in [-0.1, -0.05) is 240 Å². The van der Waals surface area contributed by atoms with E-state index in [0.29, 0.717) is 84.1 Å². The molecule has 1 amide bonds. The summed E-state index contributed by atoms with van der Waals surface area (Å²) < 4.78 is 36.8. The lowest BCUT2D eigenvalue weighted by Gasteiger charge is -2.28. The average Bonchev–Trinajstić information content (AvgIpc) is 1.67. The Morgan fingerprint density at radius 2 is 1.25 bits per heavy atom. The van der Waals surface area contributed by atoms with Crippen LogP contribution in [-0.2, 0) is 85.3 Å². The summed E-state index contributed by atoms with van der Waals surface area (Å²) in [6, 6.07) is 89.3. The fraction of sp³-hybridized carbons (Fsp3) is 0.229. The van der Waals surface area contributed by atoms with E-state index in [9.17, 15) is 19.7 Å². The molecule has 130 heavy (non-hydrogen) atoms. The number of carbonyl (C=O) groups is 2. The Bertz CT molecular complexity index is 6310. The van der Waals surface area contributed by atoms with Gasteiger partial charge in [-0.05, 0) is 166 Å². The summed E-state index contributed by atoms with van der Waals surface area (Å²) >= 11 is 11.0. The van der Waals surface area contributed by atoms with Crippen molar-refractivity contribution >= 4 is 85.4 Å². The van der Waals surface area contributed by atoms with Crippen molar-refractivity contribution in [3.05, 3.63) is 430 Å². The molecule has 2 atom stereocenters. The number of Topliss-reactive ketones (excluding diaryl/α,β-unsaturated/α-hetero) is 1. The van der Waals surface area contributed by atoms with Crippen LogP contribution in [0.5, 0.6) is 11.5 Å². The Balaban J connectivity index is 0.000000139. The highest BCUT2D eigenvalue weighted by molar-refractivity contribution is 8.00. The monoisotopic (exact) mass is 1810 g/mol. The normalized spacial score (nSPS) is 11.6. The van der Waals surface area contributed by atoms with Crippen molar-refractivity contribution in [3.63, 3.8) is 0 Å². The Kier molecular flexibility index (Phi) is 34.3. The molecule has 25 heteroatoms. The second-order valence-corrected chi connectivity index (χ2v) is 35.2. The molecular formula is C105H106ClN11O10S3. The zero-order valence-electron chi connectivity index (χ0n) is 74.6. The number of carbonyl (C=O) groups excluding carboxylic acids is 2. The first-order chi connectivity index (χ1) is 63.2. The second kappa shape index (κ2) is 47.2. The van der Waals surface area contributed by atoms with Crippen LogP contribution < -0.4 is 9.47 Å². The van der Waals surface area contributed by atoms with Crippen molar-refractivity contribution in [2.24, 2.45) is 13.0 Å². The highest BCUT2D eigenvalue weighted by atomic mass is 35.5. The Hall–Kier alpha value is -13.2. The first-order valence-electron chi connectivity index (χ1n) is 42.7. The van der Waals surface area contributed by atoms with Crippen LogP contribution in [0.25, 0.3) is 21.9 Å². The minimum atomic E-state index is -0.347. The lowest BCUT2D eigenvalue weighted by Crippen LogP contribution is -2.29. The van der Waals surface area contributed by atoms with Gasteiger partial charge in [-0.3, -0.25) is 39.4 Å². The summed E-state index contributed by atoms with van der Waals surface area (Å²) in [7, 11) is 5.24. The topological polar surface area (TPSA) is 231 Å². The summed E-state index contributed by atoms with van der Waals surface area (Å²) in [5, 5.41) is 25.6. The third kappa shape index (κ3) is 27.2. The zero-order valence-corrected chi connectivity index (χ0v) is 77.8. The van der Waals surface area contributed by atoms with Gasteiger partial charge in [0.1, 0.15) is 33.5 Å². The van der Waals surface area contributed by atoms with E-state index in [1.165, 1.54) is 33.9 Å². The van der Waals surface area contributed by atoms with E-state index in [1.807, 2.05) is 192 Å². The third-order valence-electron chi connectivity index (χ3n) is 22.0. The highest BCUT2D eigenvalue weighted by Gasteiger charge is 2.29. The van der Waals surface area contributed by atoms with E-state index in [4.69, 9.17) is 38.7 Å². The number of nitro groups is 1. The van der Waals surface area contributed by atoms with Gasteiger partial charge >= 0.3 is 0 Å². The van der Waals surface area contributed by atoms with Crippen LogP contribution in [0.1, 0.15) is 134 Å². The van der Waals surface area contributed by atoms with Gasteiger partial charge in [0, 0.05) is 121 Å². The first kappa shape index (κ1) is 94.4. The van der Waals surface area contributed by atoms with Gasteiger partial charge in [-0.25, -0.2) is 9.97 Å². The maximum Gasteiger partial charge on any atom is 0.290 e. The van der Waals surface area contributed by atoms with Crippen molar-refractivity contribution in [1.29, 1.82) is 0 Å². The minimum absolute atomic E-state index is 0.0235. The molecule has 9 aromatic carbocycles. The molecule has 2 unspecified atom stereocenters. The van der Waals surface area contributed by atoms with E-state index in [-0.39, 0.29) is 34.3 Å². The van der Waals surface area contributed by atoms with Crippen LogP contribution in [0.15, 0.2) is 325 Å². The number of hydrogen-bond donors (Lipinski definition) is 0. The number of thioether (sulfide) groups is 1. The van der Waals surface area contributed by atoms with E-state index in [1.54, 1.807) is 78.0 Å². The number of nitro benzene ring substituents is 1. The lowest BCUT2D eigenvalue weighted by atomic mass is 9.89. The molecule has 0 radical (unpaired) electrons. The van der Waals surface area contributed by atoms with Gasteiger partial charge in [0.25, 0.3) is 11.6 Å². The largest absolute Gasteiger partial charge is 0.493 e. The number of aryl methyl sites for hydroxylation is 6. The number of aromatic nitrogens is 6. The number of methoxy groups -OCH3 is 2. The fourth-order valence-corrected chi connectivity index (χ4v) is 17.2. The van der Waals surface area contributed by atoms with Crippen molar-refractivity contribution < 1.29 is 41.7 Å². The Morgan fingerprint density at radius 3 is 1.89 bits per heavy atom. The maximum absolute atomic E-state index is 13.4. The van der Waals surface area contributed by atoms with Crippen LogP contribution in [0.4, 0.5) is 5.69 Å². The number of amides is 1. The number of ketones is 1. The van der Waals surface area contributed by atoms with Gasteiger partial charge in [-0.2, -0.15) is 0 Å². The van der Waals surface area contributed by atoms with E-state index in [2.05, 4.69) is 180 Å². The summed E-state index contributed by atoms with van der Waals surface area (Å²) in [5.74, 6) is 4.98. The van der Waals surface area contributed by atoms with E-state index < -0.39 is 0 Å². The number of furan rings is 3. The van der Waals surface area contributed by atoms with Crippen molar-refractivity contribution in [3.8, 4) is 11.5 Å². The molecule has 0 aliphatic heterocycles. The second-order valence-electron chi connectivity index (χ2n) is 31.6. The molecule has 17 rings (SSSR count). The van der Waals surface area contributed by atoms with Crippen molar-refractivity contribution in [2.45, 2.75) is 130 Å². The number of ether oxygens (including phenoxy) is 2. The first-order valence-corrected chi connectivity index (χ1v) is 46.0. The van der Waals surface area contributed by atoms with Crippen LogP contribution in [0, 0.1) is 50.7 Å². The van der Waals surface area contributed by atoms with Gasteiger partial charge in [0.05, 0.1) is 63.0 Å².